The van der Waals surface area contributed by atoms with Crippen LogP contribution in [0, 0.1) is 0 Å². The number of carbonyl (C=O) groups excluding carboxylic acids is 1. The van der Waals surface area contributed by atoms with Gasteiger partial charge in [-0.1, -0.05) is 11.6 Å². The summed E-state index contributed by atoms with van der Waals surface area (Å²) in [5.74, 6) is -0.398. The molecule has 0 saturated carbocycles. The number of anilines is 1. The van der Waals surface area contributed by atoms with Crippen molar-refractivity contribution in [2.45, 2.75) is 0 Å². The monoisotopic (exact) mass is 240 g/mol. The molecule has 0 aliphatic carbocycles. The normalized spacial score (nSPS) is 10.7. The topological polar surface area (TPSA) is 83.0 Å². The van der Waals surface area contributed by atoms with Crippen molar-refractivity contribution in [1.82, 2.24) is 14.5 Å². The summed E-state index contributed by atoms with van der Waals surface area (Å²) in [6.45, 7) is 0. The van der Waals surface area contributed by atoms with Crippen LogP contribution in [0.4, 0.5) is 5.95 Å². The predicted molar refractivity (Wildman–Crippen MR) is 59.3 cm³/mol. The van der Waals surface area contributed by atoms with E-state index in [9.17, 15) is 4.79 Å². The van der Waals surface area contributed by atoms with Crippen LogP contribution < -0.4 is 5.73 Å². The van der Waals surface area contributed by atoms with Gasteiger partial charge in [0.15, 0.2) is 0 Å². The smallest absolute Gasteiger partial charge is 0.354 e. The molecule has 7 heteroatoms. The minimum absolute atomic E-state index is 0.0649. The number of aryl methyl sites for hydroxylation is 1. The molecule has 84 valence electrons. The third-order valence-corrected chi connectivity index (χ3v) is 2.54. The maximum Gasteiger partial charge on any atom is 0.354 e. The standard InChI is InChI=1S/C9H9ClN4O2/c1-14-5(8(15)16-2)3-4-6(10)12-9(11)13-7(4)14/h3H,1-2H3,(H2,11,12,13). The SMILES string of the molecule is COC(=O)c1cc2c(Cl)nc(N)nc2n1C. The van der Waals surface area contributed by atoms with Gasteiger partial charge in [-0.05, 0) is 6.07 Å². The molecule has 6 nitrogen and oxygen atoms in total. The molecule has 0 spiro atoms. The zero-order chi connectivity index (χ0) is 11.9. The quantitative estimate of drug-likeness (QED) is 0.594. The molecule has 0 atom stereocenters. The first kappa shape index (κ1) is 10.7. The van der Waals surface area contributed by atoms with Crippen molar-refractivity contribution in [1.29, 1.82) is 0 Å². The second kappa shape index (κ2) is 3.64. The molecule has 0 unspecified atom stereocenters. The Kier molecular flexibility index (Phi) is 2.43. The van der Waals surface area contributed by atoms with Gasteiger partial charge in [0, 0.05) is 7.05 Å². The third kappa shape index (κ3) is 1.47. The zero-order valence-corrected chi connectivity index (χ0v) is 9.45. The Balaban J connectivity index is 2.77. The minimum atomic E-state index is -0.463. The van der Waals surface area contributed by atoms with Gasteiger partial charge in [0.2, 0.25) is 5.95 Å². The highest BCUT2D eigenvalue weighted by Gasteiger charge is 2.17. The van der Waals surface area contributed by atoms with E-state index in [1.807, 2.05) is 0 Å². The summed E-state index contributed by atoms with van der Waals surface area (Å²) in [5.41, 5.74) is 6.32. The van der Waals surface area contributed by atoms with Crippen LogP contribution in [0.25, 0.3) is 11.0 Å². The molecule has 2 rings (SSSR count). The third-order valence-electron chi connectivity index (χ3n) is 2.25. The van der Waals surface area contributed by atoms with Crippen LogP contribution in [0.2, 0.25) is 5.15 Å². The zero-order valence-electron chi connectivity index (χ0n) is 8.69. The molecule has 2 aromatic heterocycles. The molecule has 0 aliphatic rings. The molecule has 0 radical (unpaired) electrons. The molecule has 2 heterocycles. The Morgan fingerprint density at radius 3 is 2.88 bits per heavy atom. The van der Waals surface area contributed by atoms with E-state index in [2.05, 4.69) is 14.7 Å². The van der Waals surface area contributed by atoms with Crippen molar-refractivity contribution < 1.29 is 9.53 Å². The number of aromatic nitrogens is 3. The fourth-order valence-electron chi connectivity index (χ4n) is 1.47. The molecule has 2 N–H and O–H groups in total. The number of nitrogens with zero attached hydrogens (tertiary/aromatic N) is 3. The summed E-state index contributed by atoms with van der Waals surface area (Å²) < 4.78 is 6.20. The fraction of sp³-hybridized carbons (Fsp3) is 0.222. The highest BCUT2D eigenvalue weighted by molar-refractivity contribution is 6.34. The lowest BCUT2D eigenvalue weighted by Gasteiger charge is -2.01. The van der Waals surface area contributed by atoms with Gasteiger partial charge in [-0.2, -0.15) is 4.98 Å². The maximum absolute atomic E-state index is 11.4. The lowest BCUT2D eigenvalue weighted by molar-refractivity contribution is 0.0590. The van der Waals surface area contributed by atoms with Crippen molar-refractivity contribution in [3.05, 3.63) is 16.9 Å². The van der Waals surface area contributed by atoms with Gasteiger partial charge < -0.3 is 15.0 Å². The molecule has 0 aromatic carbocycles. The van der Waals surface area contributed by atoms with Gasteiger partial charge in [0.1, 0.15) is 16.5 Å². The van der Waals surface area contributed by atoms with Crippen molar-refractivity contribution in [3.63, 3.8) is 0 Å². The van der Waals surface area contributed by atoms with E-state index >= 15 is 0 Å². The highest BCUT2D eigenvalue weighted by atomic mass is 35.5. The van der Waals surface area contributed by atoms with E-state index in [0.717, 1.165) is 0 Å². The maximum atomic E-state index is 11.4. The number of ether oxygens (including phenoxy) is 1. The van der Waals surface area contributed by atoms with Gasteiger partial charge in [-0.3, -0.25) is 0 Å². The van der Waals surface area contributed by atoms with Gasteiger partial charge in [-0.15, -0.1) is 0 Å². The number of carbonyl (C=O) groups is 1. The highest BCUT2D eigenvalue weighted by Crippen LogP contribution is 2.24. The fourth-order valence-corrected chi connectivity index (χ4v) is 1.70. The second-order valence-electron chi connectivity index (χ2n) is 3.19. The van der Waals surface area contributed by atoms with E-state index in [1.165, 1.54) is 7.11 Å². The number of rotatable bonds is 1. The summed E-state index contributed by atoms with van der Waals surface area (Å²) in [6, 6.07) is 1.57. The van der Waals surface area contributed by atoms with Gasteiger partial charge in [0.25, 0.3) is 0 Å². The summed E-state index contributed by atoms with van der Waals surface area (Å²) in [5, 5.41) is 0.784. The van der Waals surface area contributed by atoms with Crippen molar-refractivity contribution in [3.8, 4) is 0 Å². The van der Waals surface area contributed by atoms with Gasteiger partial charge >= 0.3 is 5.97 Å². The van der Waals surface area contributed by atoms with Crippen LogP contribution >= 0.6 is 11.6 Å². The van der Waals surface area contributed by atoms with E-state index in [-0.39, 0.29) is 11.1 Å². The molecule has 0 amide bonds. The van der Waals surface area contributed by atoms with Gasteiger partial charge in [0.05, 0.1) is 12.5 Å². The average Bonchev–Trinajstić information content (AvgIpc) is 2.56. The van der Waals surface area contributed by atoms with Crippen LogP contribution in [-0.2, 0) is 11.8 Å². The molecular formula is C9H9ClN4O2. The molecule has 0 aliphatic heterocycles. The molecule has 0 bridgehead atoms. The summed E-state index contributed by atoms with van der Waals surface area (Å²) in [6.07, 6.45) is 0. The number of fused-ring (bicyclic) bond motifs is 1. The van der Waals surface area contributed by atoms with Crippen molar-refractivity contribution in [2.24, 2.45) is 7.05 Å². The van der Waals surface area contributed by atoms with E-state index < -0.39 is 5.97 Å². The summed E-state index contributed by atoms with van der Waals surface area (Å²) in [7, 11) is 2.99. The Hall–Kier alpha value is -1.82. The number of halogens is 1. The van der Waals surface area contributed by atoms with Crippen LogP contribution in [0.15, 0.2) is 6.07 Å². The number of esters is 1. The minimum Gasteiger partial charge on any atom is -0.464 e. The number of hydrogen-bond acceptors (Lipinski definition) is 5. The molecule has 16 heavy (non-hydrogen) atoms. The summed E-state index contributed by atoms with van der Waals surface area (Å²) >= 11 is 5.90. The van der Waals surface area contributed by atoms with Gasteiger partial charge in [-0.25, -0.2) is 9.78 Å². The Morgan fingerprint density at radius 2 is 2.25 bits per heavy atom. The van der Waals surface area contributed by atoms with E-state index in [4.69, 9.17) is 17.3 Å². The van der Waals surface area contributed by atoms with Crippen LogP contribution in [-0.4, -0.2) is 27.6 Å². The lowest BCUT2D eigenvalue weighted by atomic mass is 10.3. The van der Waals surface area contributed by atoms with Crippen LogP contribution in [0.3, 0.4) is 0 Å². The largest absolute Gasteiger partial charge is 0.464 e. The van der Waals surface area contributed by atoms with Crippen LogP contribution in [0.1, 0.15) is 10.5 Å². The first-order chi connectivity index (χ1) is 7.54. The first-order valence-electron chi connectivity index (χ1n) is 4.41. The predicted octanol–water partition coefficient (Wildman–Crippen LogP) is 0.990. The lowest BCUT2D eigenvalue weighted by Crippen LogP contribution is -2.07. The number of nitrogens with two attached hydrogens (primary N) is 1. The van der Waals surface area contributed by atoms with Crippen molar-refractivity contribution >= 4 is 34.6 Å². The van der Waals surface area contributed by atoms with Crippen LogP contribution in [0.5, 0.6) is 0 Å². The number of nitrogen functional groups attached to an aromatic ring is 1. The number of hydrogen-bond donors (Lipinski definition) is 1. The molecule has 0 saturated heterocycles. The Morgan fingerprint density at radius 1 is 1.56 bits per heavy atom. The van der Waals surface area contributed by atoms with E-state index in [1.54, 1.807) is 17.7 Å². The molecule has 2 aromatic rings. The number of methoxy groups -OCH3 is 1. The van der Waals surface area contributed by atoms with Crippen molar-refractivity contribution in [2.75, 3.05) is 12.8 Å². The molecule has 0 fully saturated rings. The molecular weight excluding hydrogens is 232 g/mol. The Labute approximate surface area is 96.0 Å². The average molecular weight is 241 g/mol. The second-order valence-corrected chi connectivity index (χ2v) is 3.55. The van der Waals surface area contributed by atoms with E-state index in [0.29, 0.717) is 16.7 Å². The first-order valence-corrected chi connectivity index (χ1v) is 4.79. The Bertz CT molecular complexity index is 578. The summed E-state index contributed by atoms with van der Waals surface area (Å²) in [4.78, 5) is 19.3.